The van der Waals surface area contributed by atoms with Crippen molar-refractivity contribution >= 4 is 0 Å². The minimum absolute atomic E-state index is 0.515. The molecule has 1 atom stereocenters. The molecule has 2 aliphatic rings. The van der Waals surface area contributed by atoms with Crippen molar-refractivity contribution in [1.29, 1.82) is 0 Å². The van der Waals surface area contributed by atoms with Crippen LogP contribution in [0.5, 0.6) is 0 Å². The van der Waals surface area contributed by atoms with Gasteiger partial charge in [0.1, 0.15) is 0 Å². The Morgan fingerprint density at radius 1 is 1.11 bits per heavy atom. The highest BCUT2D eigenvalue weighted by atomic mass is 16.5. The Bertz CT molecular complexity index is 217. The van der Waals surface area contributed by atoms with Gasteiger partial charge in [0.05, 0.1) is 12.7 Å². The van der Waals surface area contributed by atoms with E-state index in [1.807, 2.05) is 0 Å². The van der Waals surface area contributed by atoms with Crippen molar-refractivity contribution in [3.63, 3.8) is 0 Å². The van der Waals surface area contributed by atoms with Crippen molar-refractivity contribution in [1.82, 2.24) is 10.2 Å². The number of ether oxygens (including phenoxy) is 1. The van der Waals surface area contributed by atoms with Crippen LogP contribution in [0.25, 0.3) is 0 Å². The van der Waals surface area contributed by atoms with Crippen LogP contribution in [0, 0.1) is 5.92 Å². The fraction of sp³-hybridized carbons (Fsp3) is 1.00. The third-order valence-corrected chi connectivity index (χ3v) is 4.56. The number of nitrogens with one attached hydrogen (secondary N) is 1. The molecule has 0 amide bonds. The lowest BCUT2D eigenvalue weighted by Crippen LogP contribution is -2.35. The Morgan fingerprint density at radius 3 is 2.72 bits per heavy atom. The minimum atomic E-state index is 0.515. The average molecular weight is 254 g/mol. The highest BCUT2D eigenvalue weighted by Crippen LogP contribution is 2.20. The van der Waals surface area contributed by atoms with E-state index in [4.69, 9.17) is 4.74 Å². The van der Waals surface area contributed by atoms with Crippen LogP contribution in [0.3, 0.4) is 0 Å². The lowest BCUT2D eigenvalue weighted by Gasteiger charge is -2.25. The summed E-state index contributed by atoms with van der Waals surface area (Å²) in [6.45, 7) is 9.24. The first-order valence-electron chi connectivity index (χ1n) is 7.93. The lowest BCUT2D eigenvalue weighted by atomic mass is 9.98. The number of likely N-dealkylation sites (tertiary alicyclic amines) is 1. The quantitative estimate of drug-likeness (QED) is 0.814. The summed E-state index contributed by atoms with van der Waals surface area (Å²) in [5, 5.41) is 3.38. The van der Waals surface area contributed by atoms with E-state index >= 15 is 0 Å². The molecule has 1 N–H and O–H groups in total. The molecule has 0 bridgehead atoms. The molecule has 0 aromatic rings. The number of hydrogen-bond acceptors (Lipinski definition) is 3. The summed E-state index contributed by atoms with van der Waals surface area (Å²) in [6.07, 6.45) is 8.47. The molecule has 0 aromatic heterocycles. The highest BCUT2D eigenvalue weighted by Gasteiger charge is 2.17. The zero-order valence-corrected chi connectivity index (χ0v) is 12.0. The maximum Gasteiger partial charge on any atom is 0.0600 e. The third kappa shape index (κ3) is 4.87. The number of hydrogen-bond donors (Lipinski definition) is 1. The van der Waals surface area contributed by atoms with Crippen molar-refractivity contribution in [3.05, 3.63) is 0 Å². The van der Waals surface area contributed by atoms with Gasteiger partial charge in [0.2, 0.25) is 0 Å². The molecule has 2 saturated heterocycles. The predicted molar refractivity (Wildman–Crippen MR) is 75.9 cm³/mol. The van der Waals surface area contributed by atoms with E-state index in [0.29, 0.717) is 6.10 Å². The van der Waals surface area contributed by atoms with Gasteiger partial charge in [-0.15, -0.1) is 0 Å². The van der Waals surface area contributed by atoms with Crippen LogP contribution in [0.1, 0.15) is 45.4 Å². The summed E-state index contributed by atoms with van der Waals surface area (Å²) >= 11 is 0. The van der Waals surface area contributed by atoms with E-state index in [1.165, 1.54) is 51.6 Å². The maximum atomic E-state index is 6.00. The molecule has 3 heteroatoms. The van der Waals surface area contributed by atoms with E-state index in [9.17, 15) is 0 Å². The molecule has 2 fully saturated rings. The van der Waals surface area contributed by atoms with Gasteiger partial charge in [0, 0.05) is 6.54 Å². The van der Waals surface area contributed by atoms with Gasteiger partial charge in [0.15, 0.2) is 0 Å². The van der Waals surface area contributed by atoms with Gasteiger partial charge < -0.3 is 15.0 Å². The van der Waals surface area contributed by atoms with Gasteiger partial charge in [0.25, 0.3) is 0 Å². The molecular weight excluding hydrogens is 224 g/mol. The van der Waals surface area contributed by atoms with Crippen LogP contribution in [-0.2, 0) is 4.74 Å². The van der Waals surface area contributed by atoms with Gasteiger partial charge in [-0.05, 0) is 64.2 Å². The summed E-state index contributed by atoms with van der Waals surface area (Å²) in [4.78, 5) is 2.61. The fourth-order valence-corrected chi connectivity index (χ4v) is 3.17. The topological polar surface area (TPSA) is 24.5 Å². The molecule has 106 valence electrons. The number of rotatable bonds is 5. The summed E-state index contributed by atoms with van der Waals surface area (Å²) in [6, 6.07) is 0. The van der Waals surface area contributed by atoms with Crippen LogP contribution >= 0.6 is 0 Å². The standard InChI is InChI=1S/C15H30N2O/c1-2-14-4-3-10-17(11-7-14)12-13-18-15-5-8-16-9-6-15/h14-16H,2-13H2,1H3. The van der Waals surface area contributed by atoms with Gasteiger partial charge >= 0.3 is 0 Å². The Hall–Kier alpha value is -0.120. The maximum absolute atomic E-state index is 6.00. The van der Waals surface area contributed by atoms with Crippen molar-refractivity contribution in [3.8, 4) is 0 Å². The zero-order chi connectivity index (χ0) is 12.6. The molecule has 0 radical (unpaired) electrons. The Morgan fingerprint density at radius 2 is 1.94 bits per heavy atom. The minimum Gasteiger partial charge on any atom is -0.377 e. The molecule has 2 aliphatic heterocycles. The Kier molecular flexibility index (Phi) is 6.46. The van der Waals surface area contributed by atoms with Crippen molar-refractivity contribution in [2.75, 3.05) is 39.3 Å². The molecule has 2 heterocycles. The molecule has 18 heavy (non-hydrogen) atoms. The van der Waals surface area contributed by atoms with E-state index in [0.717, 1.165) is 32.2 Å². The monoisotopic (exact) mass is 254 g/mol. The molecule has 0 aliphatic carbocycles. The Labute approximate surface area is 112 Å². The second-order valence-electron chi connectivity index (χ2n) is 5.87. The normalized spacial score (nSPS) is 28.2. The van der Waals surface area contributed by atoms with Gasteiger partial charge in [-0.2, -0.15) is 0 Å². The summed E-state index contributed by atoms with van der Waals surface area (Å²) in [7, 11) is 0. The second kappa shape index (κ2) is 8.13. The lowest BCUT2D eigenvalue weighted by molar-refractivity contribution is 0.0204. The molecule has 2 rings (SSSR count). The summed E-state index contributed by atoms with van der Waals surface area (Å²) in [5.74, 6) is 0.973. The zero-order valence-electron chi connectivity index (χ0n) is 12.0. The molecule has 1 unspecified atom stereocenters. The molecule has 0 saturated carbocycles. The largest absolute Gasteiger partial charge is 0.377 e. The third-order valence-electron chi connectivity index (χ3n) is 4.56. The molecule has 3 nitrogen and oxygen atoms in total. The van der Waals surface area contributed by atoms with Crippen molar-refractivity contribution in [2.45, 2.75) is 51.6 Å². The summed E-state index contributed by atoms with van der Waals surface area (Å²) in [5.41, 5.74) is 0. The summed E-state index contributed by atoms with van der Waals surface area (Å²) < 4.78 is 6.00. The van der Waals surface area contributed by atoms with Crippen LogP contribution in [0.15, 0.2) is 0 Å². The molecule has 0 aromatic carbocycles. The SMILES string of the molecule is CCC1CCCN(CCOC2CCNCC2)CC1. The van der Waals surface area contributed by atoms with Crippen LogP contribution in [0.4, 0.5) is 0 Å². The van der Waals surface area contributed by atoms with Crippen molar-refractivity contribution in [2.24, 2.45) is 5.92 Å². The second-order valence-corrected chi connectivity index (χ2v) is 5.87. The van der Waals surface area contributed by atoms with E-state index in [2.05, 4.69) is 17.1 Å². The van der Waals surface area contributed by atoms with E-state index in [1.54, 1.807) is 0 Å². The predicted octanol–water partition coefficient (Wildman–Crippen LogP) is 2.27. The molecular formula is C15H30N2O. The first-order chi connectivity index (χ1) is 8.88. The molecule has 0 spiro atoms. The number of nitrogens with zero attached hydrogens (tertiary/aromatic N) is 1. The van der Waals surface area contributed by atoms with Gasteiger partial charge in [-0.1, -0.05) is 13.3 Å². The first-order valence-corrected chi connectivity index (χ1v) is 7.93. The average Bonchev–Trinajstić information content (AvgIpc) is 2.65. The highest BCUT2D eigenvalue weighted by molar-refractivity contribution is 4.71. The van der Waals surface area contributed by atoms with Crippen molar-refractivity contribution < 1.29 is 4.74 Å². The first kappa shape index (κ1) is 14.3. The van der Waals surface area contributed by atoms with Gasteiger partial charge in [-0.3, -0.25) is 0 Å². The van der Waals surface area contributed by atoms with Crippen LogP contribution in [-0.4, -0.2) is 50.3 Å². The van der Waals surface area contributed by atoms with E-state index in [-0.39, 0.29) is 0 Å². The smallest absolute Gasteiger partial charge is 0.0600 e. The van der Waals surface area contributed by atoms with Crippen LogP contribution in [0.2, 0.25) is 0 Å². The van der Waals surface area contributed by atoms with E-state index < -0.39 is 0 Å². The Balaban J connectivity index is 1.58. The number of piperidine rings is 1. The van der Waals surface area contributed by atoms with Crippen LogP contribution < -0.4 is 5.32 Å². The van der Waals surface area contributed by atoms with Gasteiger partial charge in [-0.25, -0.2) is 0 Å². The fourth-order valence-electron chi connectivity index (χ4n) is 3.17.